The van der Waals surface area contributed by atoms with E-state index < -0.39 is 17.8 Å². The number of hydrogen-bond acceptors (Lipinski definition) is 2. The first kappa shape index (κ1) is 13.9. The Balaban J connectivity index is 4.62. The molecule has 0 radical (unpaired) electrons. The Hall–Kier alpha value is -1.06. The van der Waals surface area contributed by atoms with Gasteiger partial charge in [0.1, 0.15) is 0 Å². The van der Waals surface area contributed by atoms with E-state index in [4.69, 9.17) is 5.11 Å². The third-order valence-corrected chi connectivity index (χ3v) is 2.48. The second-order valence-electron chi connectivity index (χ2n) is 4.60. The molecule has 0 aliphatic heterocycles. The Kier molecular flexibility index (Phi) is 5.33. The van der Waals surface area contributed by atoms with Crippen LogP contribution in [0.15, 0.2) is 0 Å². The third-order valence-electron chi connectivity index (χ3n) is 2.48. The van der Waals surface area contributed by atoms with Crippen LogP contribution in [-0.4, -0.2) is 36.0 Å². The smallest absolute Gasteiger partial charge is 0.307 e. The van der Waals surface area contributed by atoms with E-state index in [1.807, 2.05) is 13.8 Å². The van der Waals surface area contributed by atoms with Crippen molar-refractivity contribution in [2.45, 2.75) is 27.2 Å². The average molecular weight is 215 g/mol. The van der Waals surface area contributed by atoms with E-state index in [-0.39, 0.29) is 11.8 Å². The third kappa shape index (κ3) is 4.32. The summed E-state index contributed by atoms with van der Waals surface area (Å²) in [6.45, 7) is 5.61. The maximum Gasteiger partial charge on any atom is 0.307 e. The molecule has 0 aliphatic carbocycles. The normalized spacial score (nSPS) is 14.8. The number of carboxylic acids is 1. The van der Waals surface area contributed by atoms with Crippen molar-refractivity contribution in [3.05, 3.63) is 0 Å². The van der Waals surface area contributed by atoms with Gasteiger partial charge in [0.05, 0.1) is 5.92 Å². The highest BCUT2D eigenvalue weighted by molar-refractivity contribution is 5.84. The molecule has 0 saturated carbocycles. The Morgan fingerprint density at radius 3 is 1.93 bits per heavy atom. The number of carbonyl (C=O) groups is 2. The van der Waals surface area contributed by atoms with E-state index >= 15 is 0 Å². The number of aliphatic carboxylic acids is 1. The van der Waals surface area contributed by atoms with Crippen molar-refractivity contribution < 1.29 is 14.7 Å². The van der Waals surface area contributed by atoms with Crippen LogP contribution in [0.3, 0.4) is 0 Å². The lowest BCUT2D eigenvalue weighted by Crippen LogP contribution is -2.36. The molecule has 88 valence electrons. The predicted molar refractivity (Wildman–Crippen MR) is 58.4 cm³/mol. The zero-order valence-electron chi connectivity index (χ0n) is 10.2. The summed E-state index contributed by atoms with van der Waals surface area (Å²) in [4.78, 5) is 24.1. The molecule has 0 rings (SSSR count). The lowest BCUT2D eigenvalue weighted by Gasteiger charge is -2.23. The summed E-state index contributed by atoms with van der Waals surface area (Å²) in [5, 5.41) is 9.05. The van der Waals surface area contributed by atoms with Gasteiger partial charge in [-0.05, 0) is 12.3 Å². The van der Waals surface area contributed by atoms with Gasteiger partial charge in [-0.25, -0.2) is 0 Å². The van der Waals surface area contributed by atoms with E-state index in [2.05, 4.69) is 0 Å². The second-order valence-corrected chi connectivity index (χ2v) is 4.60. The fourth-order valence-electron chi connectivity index (χ4n) is 1.61. The van der Waals surface area contributed by atoms with Crippen LogP contribution in [0.25, 0.3) is 0 Å². The van der Waals surface area contributed by atoms with Crippen LogP contribution in [0.4, 0.5) is 0 Å². The number of hydrogen-bond donors (Lipinski definition) is 1. The molecule has 0 saturated heterocycles. The standard InChI is InChI=1S/C11H21NO3/c1-7(2)6-9(11(14)15)8(3)10(13)12(4)5/h7-9H,6H2,1-5H3,(H,14,15). The molecule has 2 unspecified atom stereocenters. The highest BCUT2D eigenvalue weighted by atomic mass is 16.4. The molecular formula is C11H21NO3. The molecule has 0 fully saturated rings. The van der Waals surface area contributed by atoms with Crippen molar-refractivity contribution in [2.75, 3.05) is 14.1 Å². The van der Waals surface area contributed by atoms with E-state index in [0.29, 0.717) is 6.42 Å². The summed E-state index contributed by atoms with van der Waals surface area (Å²) in [5.74, 6) is -1.77. The van der Waals surface area contributed by atoms with Gasteiger partial charge in [0.2, 0.25) is 5.91 Å². The molecule has 4 nitrogen and oxygen atoms in total. The summed E-state index contributed by atoms with van der Waals surface area (Å²) in [5.41, 5.74) is 0. The monoisotopic (exact) mass is 215 g/mol. The Morgan fingerprint density at radius 2 is 1.67 bits per heavy atom. The molecule has 0 heterocycles. The molecular weight excluding hydrogens is 194 g/mol. The lowest BCUT2D eigenvalue weighted by molar-refractivity contribution is -0.149. The minimum Gasteiger partial charge on any atom is -0.481 e. The first-order chi connectivity index (χ1) is 6.77. The number of amides is 1. The lowest BCUT2D eigenvalue weighted by atomic mass is 9.86. The molecule has 0 bridgehead atoms. The number of carboxylic acid groups (broad SMARTS) is 1. The molecule has 1 N–H and O–H groups in total. The fraction of sp³-hybridized carbons (Fsp3) is 0.818. The summed E-state index contributed by atoms with van der Waals surface area (Å²) in [7, 11) is 3.29. The van der Waals surface area contributed by atoms with Gasteiger partial charge >= 0.3 is 5.97 Å². The topological polar surface area (TPSA) is 57.6 Å². The van der Waals surface area contributed by atoms with Gasteiger partial charge in [0.25, 0.3) is 0 Å². The molecule has 15 heavy (non-hydrogen) atoms. The van der Waals surface area contributed by atoms with E-state index in [1.54, 1.807) is 21.0 Å². The Labute approximate surface area is 91.3 Å². The molecule has 0 aromatic heterocycles. The van der Waals surface area contributed by atoms with Crippen molar-refractivity contribution in [3.8, 4) is 0 Å². The number of rotatable bonds is 5. The molecule has 0 aromatic rings. The predicted octanol–water partition coefficient (Wildman–Crippen LogP) is 1.46. The minimum absolute atomic E-state index is 0.122. The van der Waals surface area contributed by atoms with E-state index in [1.165, 1.54) is 4.90 Å². The van der Waals surface area contributed by atoms with Crippen molar-refractivity contribution in [1.82, 2.24) is 4.90 Å². The van der Waals surface area contributed by atoms with Crippen LogP contribution in [0.1, 0.15) is 27.2 Å². The number of carbonyl (C=O) groups excluding carboxylic acids is 1. The zero-order chi connectivity index (χ0) is 12.2. The van der Waals surface area contributed by atoms with Crippen LogP contribution < -0.4 is 0 Å². The highest BCUT2D eigenvalue weighted by Gasteiger charge is 2.31. The number of nitrogens with zero attached hydrogens (tertiary/aromatic N) is 1. The first-order valence-electron chi connectivity index (χ1n) is 5.21. The van der Waals surface area contributed by atoms with E-state index in [9.17, 15) is 9.59 Å². The van der Waals surface area contributed by atoms with Crippen molar-refractivity contribution in [3.63, 3.8) is 0 Å². The van der Waals surface area contributed by atoms with Gasteiger partial charge in [-0.15, -0.1) is 0 Å². The van der Waals surface area contributed by atoms with Crippen LogP contribution in [0, 0.1) is 17.8 Å². The fourth-order valence-corrected chi connectivity index (χ4v) is 1.61. The molecule has 4 heteroatoms. The summed E-state index contributed by atoms with van der Waals surface area (Å²) in [6.07, 6.45) is 0.538. The SMILES string of the molecule is CC(C)CC(C(=O)O)C(C)C(=O)N(C)C. The summed E-state index contributed by atoms with van der Waals surface area (Å²) in [6, 6.07) is 0. The molecule has 2 atom stereocenters. The van der Waals surface area contributed by atoms with Crippen molar-refractivity contribution in [1.29, 1.82) is 0 Å². The van der Waals surface area contributed by atoms with Crippen molar-refractivity contribution in [2.24, 2.45) is 17.8 Å². The average Bonchev–Trinajstić information content (AvgIpc) is 2.10. The first-order valence-corrected chi connectivity index (χ1v) is 5.21. The molecule has 0 aromatic carbocycles. The summed E-state index contributed by atoms with van der Waals surface area (Å²) >= 11 is 0. The van der Waals surface area contributed by atoms with Gasteiger partial charge in [-0.2, -0.15) is 0 Å². The quantitative estimate of drug-likeness (QED) is 0.755. The Morgan fingerprint density at radius 1 is 1.20 bits per heavy atom. The molecule has 0 aliphatic rings. The largest absolute Gasteiger partial charge is 0.481 e. The zero-order valence-corrected chi connectivity index (χ0v) is 10.2. The van der Waals surface area contributed by atoms with Crippen molar-refractivity contribution >= 4 is 11.9 Å². The maximum absolute atomic E-state index is 11.6. The Bertz CT molecular complexity index is 236. The van der Waals surface area contributed by atoms with E-state index in [0.717, 1.165) is 0 Å². The van der Waals surface area contributed by atoms with Crippen LogP contribution in [0.5, 0.6) is 0 Å². The molecule has 0 spiro atoms. The van der Waals surface area contributed by atoms with Gasteiger partial charge in [-0.3, -0.25) is 9.59 Å². The van der Waals surface area contributed by atoms with Gasteiger partial charge < -0.3 is 10.0 Å². The second kappa shape index (κ2) is 5.73. The van der Waals surface area contributed by atoms with Crippen LogP contribution in [0.2, 0.25) is 0 Å². The van der Waals surface area contributed by atoms with Gasteiger partial charge in [-0.1, -0.05) is 20.8 Å². The summed E-state index contributed by atoms with van der Waals surface area (Å²) < 4.78 is 0. The maximum atomic E-state index is 11.6. The van der Waals surface area contributed by atoms with Crippen LogP contribution >= 0.6 is 0 Å². The minimum atomic E-state index is -0.883. The van der Waals surface area contributed by atoms with Gasteiger partial charge in [0.15, 0.2) is 0 Å². The van der Waals surface area contributed by atoms with Gasteiger partial charge in [0, 0.05) is 20.0 Å². The molecule has 1 amide bonds. The highest BCUT2D eigenvalue weighted by Crippen LogP contribution is 2.22. The van der Waals surface area contributed by atoms with Crippen LogP contribution in [-0.2, 0) is 9.59 Å².